The van der Waals surface area contributed by atoms with Crippen molar-refractivity contribution in [3.05, 3.63) is 139 Å². The van der Waals surface area contributed by atoms with E-state index in [1.54, 1.807) is 0 Å². The predicted molar refractivity (Wildman–Crippen MR) is 191 cm³/mol. The van der Waals surface area contributed by atoms with Crippen molar-refractivity contribution in [3.63, 3.8) is 0 Å². The van der Waals surface area contributed by atoms with Gasteiger partial charge >= 0.3 is 99.8 Å². The van der Waals surface area contributed by atoms with E-state index in [9.17, 15) is 0 Å². The summed E-state index contributed by atoms with van der Waals surface area (Å²) in [7, 11) is 0. The fourth-order valence-electron chi connectivity index (χ4n) is 5.45. The number of furan rings is 1. The van der Waals surface area contributed by atoms with Crippen LogP contribution in [0.15, 0.2) is 126 Å². The third-order valence-electron chi connectivity index (χ3n) is 7.87. The van der Waals surface area contributed by atoms with Crippen LogP contribution < -0.4 is 4.40 Å². The summed E-state index contributed by atoms with van der Waals surface area (Å²) in [4.78, 5) is 9.12. The van der Waals surface area contributed by atoms with E-state index in [0.717, 1.165) is 50.9 Å². The molecule has 3 nitrogen and oxygen atoms in total. The summed E-state index contributed by atoms with van der Waals surface area (Å²) in [6.07, 6.45) is 4.98. The molecule has 0 bridgehead atoms. The number of rotatable bonds is 6. The van der Waals surface area contributed by atoms with Gasteiger partial charge in [0.15, 0.2) is 0 Å². The van der Waals surface area contributed by atoms with Crippen molar-refractivity contribution in [2.24, 2.45) is 5.92 Å². The summed E-state index contributed by atoms with van der Waals surface area (Å²) in [5.74, 6) is 7.76. The zero-order valence-corrected chi connectivity index (χ0v) is 31.5. The summed E-state index contributed by atoms with van der Waals surface area (Å²) >= 11 is -1.72. The third-order valence-corrected chi connectivity index (χ3v) is 12.1. The van der Waals surface area contributed by atoms with Gasteiger partial charge in [0, 0.05) is 31.7 Å². The van der Waals surface area contributed by atoms with Gasteiger partial charge in [0.2, 0.25) is 0 Å². The van der Waals surface area contributed by atoms with Crippen LogP contribution in [0.3, 0.4) is 0 Å². The summed E-state index contributed by atoms with van der Waals surface area (Å²) in [5, 5.41) is 2.22. The van der Waals surface area contributed by atoms with Gasteiger partial charge in [-0.15, -0.1) is 23.8 Å². The molecule has 7 rings (SSSR count). The fraction of sp³-hybridized carbons (Fsp3) is 0.171. The van der Waals surface area contributed by atoms with Crippen LogP contribution in [0.25, 0.3) is 55.6 Å². The Labute approximate surface area is 288 Å². The molecule has 0 fully saturated rings. The quantitative estimate of drug-likeness (QED) is 0.124. The minimum absolute atomic E-state index is 0. The molecule has 0 N–H and O–H groups in total. The molecule has 0 saturated carbocycles. The molecule has 0 aliphatic heterocycles. The first-order chi connectivity index (χ1) is 21.7. The number of aromatic nitrogens is 2. The van der Waals surface area contributed by atoms with Crippen LogP contribution in [0, 0.1) is 18.1 Å². The van der Waals surface area contributed by atoms with Gasteiger partial charge in [-0.2, -0.15) is 0 Å². The molecular weight excluding hydrogens is 801 g/mol. The second-order valence-electron chi connectivity index (χ2n) is 12.9. The van der Waals surface area contributed by atoms with E-state index in [-0.39, 0.29) is 20.1 Å². The smallest absolute Gasteiger partial charge is 0 e. The molecule has 0 saturated heterocycles. The fourth-order valence-corrected chi connectivity index (χ4v) is 7.62. The van der Waals surface area contributed by atoms with Crippen LogP contribution in [-0.4, -0.2) is 23.2 Å². The van der Waals surface area contributed by atoms with Crippen LogP contribution in [0.5, 0.6) is 0 Å². The molecule has 1 radical (unpaired) electrons. The zero-order valence-electron chi connectivity index (χ0n) is 27.0. The maximum Gasteiger partial charge on any atom is 0 e. The number of hydrogen-bond acceptors (Lipinski definition) is 3. The van der Waals surface area contributed by atoms with Gasteiger partial charge in [-0.25, -0.2) is 0 Å². The summed E-state index contributed by atoms with van der Waals surface area (Å²) in [5.41, 5.74) is 9.48. The first-order valence-electron chi connectivity index (χ1n) is 15.6. The average molecular weight is 840 g/mol. The second kappa shape index (κ2) is 14.7. The van der Waals surface area contributed by atoms with Crippen LogP contribution >= 0.6 is 0 Å². The molecule has 233 valence electrons. The number of benzene rings is 4. The van der Waals surface area contributed by atoms with Gasteiger partial charge in [0.05, 0.1) is 5.58 Å². The normalized spacial score (nSPS) is 11.3. The van der Waals surface area contributed by atoms with Gasteiger partial charge < -0.3 is 9.40 Å². The van der Waals surface area contributed by atoms with Crippen molar-refractivity contribution in [2.75, 3.05) is 0 Å². The number of fused-ring (bicyclic) bond motifs is 3. The standard InChI is InChI=1S/C27H22NO.C14H16GeN.Ir/c1-18(2)14-19-12-13-28-25(15-19)22-9-11-27-24(17-22)23-16-21(8-10-26(23)29-27)20-6-4-3-5-7-20;1-15(2,3)13-9-10-14(16-11-13)12-7-5-4-6-8-12;/h3-8,10-13,15-18H,14H2,1-2H3;4-7,9-11H,1-3H3;/q2*-1;. The maximum absolute atomic E-state index is 6.06. The van der Waals surface area contributed by atoms with Crippen molar-refractivity contribution < 1.29 is 24.5 Å². The molecule has 0 spiro atoms. The monoisotopic (exact) mass is 841 g/mol. The Morgan fingerprint density at radius 3 is 2.17 bits per heavy atom. The molecule has 3 heterocycles. The Morgan fingerprint density at radius 2 is 1.48 bits per heavy atom. The van der Waals surface area contributed by atoms with Gasteiger partial charge in [-0.3, -0.25) is 0 Å². The maximum atomic E-state index is 6.06. The predicted octanol–water partition coefficient (Wildman–Crippen LogP) is 10.4. The Morgan fingerprint density at radius 1 is 0.696 bits per heavy atom. The molecular formula is C41H38GeIrN2O-2. The van der Waals surface area contributed by atoms with Gasteiger partial charge in [0.1, 0.15) is 5.58 Å². The van der Waals surface area contributed by atoms with Crippen LogP contribution in [0.1, 0.15) is 19.4 Å². The minimum Gasteiger partial charge on any atom is 0 e. The van der Waals surface area contributed by atoms with Crippen molar-refractivity contribution in [1.29, 1.82) is 0 Å². The van der Waals surface area contributed by atoms with E-state index >= 15 is 0 Å². The van der Waals surface area contributed by atoms with Gasteiger partial charge in [0.25, 0.3) is 0 Å². The Kier molecular flexibility index (Phi) is 10.7. The van der Waals surface area contributed by atoms with Crippen molar-refractivity contribution in [3.8, 4) is 33.6 Å². The van der Waals surface area contributed by atoms with E-state index in [1.165, 1.54) is 21.1 Å². The molecule has 0 atom stereocenters. The number of nitrogens with zero attached hydrogens (tertiary/aromatic N) is 2. The molecule has 3 aromatic heterocycles. The molecule has 0 unspecified atom stereocenters. The van der Waals surface area contributed by atoms with Crippen LogP contribution in [0.2, 0.25) is 17.3 Å². The number of pyridine rings is 2. The number of hydrogen-bond donors (Lipinski definition) is 0. The minimum atomic E-state index is -1.72. The molecule has 0 aliphatic rings. The molecule has 5 heteroatoms. The van der Waals surface area contributed by atoms with E-state index in [1.807, 2.05) is 48.8 Å². The Bertz CT molecular complexity index is 2030. The molecule has 0 aliphatic carbocycles. The van der Waals surface area contributed by atoms with Crippen molar-refractivity contribution in [1.82, 2.24) is 9.97 Å². The van der Waals surface area contributed by atoms with E-state index in [2.05, 4.69) is 126 Å². The van der Waals surface area contributed by atoms with Crippen LogP contribution in [-0.2, 0) is 26.5 Å². The second-order valence-corrected chi connectivity index (χ2v) is 23.6. The molecule has 46 heavy (non-hydrogen) atoms. The summed E-state index contributed by atoms with van der Waals surface area (Å²) in [6, 6.07) is 44.0. The van der Waals surface area contributed by atoms with E-state index < -0.39 is 13.3 Å². The largest absolute Gasteiger partial charge is 0 e. The van der Waals surface area contributed by atoms with Crippen molar-refractivity contribution >= 4 is 39.6 Å². The SMILES string of the molecule is CC(C)Cc1ccnc(-c2[c-]cc3oc4ccc(-c5ccccc5)cc4c3c2)c1.[CH3][Ge]([CH3])([CH3])[c]1ccc(-c2[c-]cccc2)nc1.[Ir]. The Balaban J connectivity index is 0.000000209. The van der Waals surface area contributed by atoms with E-state index in [4.69, 9.17) is 4.42 Å². The van der Waals surface area contributed by atoms with E-state index in [0.29, 0.717) is 5.92 Å². The van der Waals surface area contributed by atoms with Crippen LogP contribution in [0.4, 0.5) is 0 Å². The first-order valence-corrected chi connectivity index (χ1v) is 22.9. The average Bonchev–Trinajstić information content (AvgIpc) is 3.43. The molecule has 7 aromatic rings. The third kappa shape index (κ3) is 7.93. The zero-order chi connectivity index (χ0) is 31.4. The summed E-state index contributed by atoms with van der Waals surface area (Å²) in [6.45, 7) is 4.47. The summed E-state index contributed by atoms with van der Waals surface area (Å²) < 4.78 is 7.50. The van der Waals surface area contributed by atoms with Gasteiger partial charge in [-0.05, 0) is 47.4 Å². The first kappa shape index (κ1) is 33.5. The van der Waals surface area contributed by atoms with Crippen molar-refractivity contribution in [2.45, 2.75) is 37.5 Å². The Hall–Kier alpha value is -3.83. The topological polar surface area (TPSA) is 38.9 Å². The van der Waals surface area contributed by atoms with Gasteiger partial charge in [-0.1, -0.05) is 67.3 Å². The molecule has 0 amide bonds. The molecule has 4 aromatic carbocycles.